The van der Waals surface area contributed by atoms with Crippen molar-refractivity contribution < 1.29 is 9.59 Å². The third-order valence-corrected chi connectivity index (χ3v) is 6.17. The van der Waals surface area contributed by atoms with Gasteiger partial charge in [0.25, 0.3) is 0 Å². The number of aromatic amines is 1. The van der Waals surface area contributed by atoms with Gasteiger partial charge in [0.15, 0.2) is 0 Å². The molecule has 4 rings (SSSR count). The lowest BCUT2D eigenvalue weighted by Crippen LogP contribution is -2.52. The van der Waals surface area contributed by atoms with Crippen molar-refractivity contribution in [3.63, 3.8) is 0 Å². The molecule has 2 aliphatic heterocycles. The number of fused-ring (bicyclic) bond motifs is 1. The Bertz CT molecular complexity index is 865. The number of nitrogens with two attached hydrogens (primary N) is 1. The van der Waals surface area contributed by atoms with E-state index in [1.165, 1.54) is 0 Å². The summed E-state index contributed by atoms with van der Waals surface area (Å²) in [6, 6.07) is 4.61. The van der Waals surface area contributed by atoms with Gasteiger partial charge >= 0.3 is 0 Å². The quantitative estimate of drug-likeness (QED) is 0.654. The first-order valence-corrected chi connectivity index (χ1v) is 10.6. The molecule has 156 valence electrons. The van der Waals surface area contributed by atoms with E-state index in [1.54, 1.807) is 6.20 Å². The van der Waals surface area contributed by atoms with Crippen LogP contribution < -0.4 is 11.1 Å². The lowest BCUT2D eigenvalue weighted by Gasteiger charge is -2.40. The Morgan fingerprint density at radius 1 is 1.14 bits per heavy atom. The van der Waals surface area contributed by atoms with Gasteiger partial charge in [0.1, 0.15) is 0 Å². The SMILES string of the molecule is NC(=O)Cc1cc(CCC(=O)N2CCC(N3CCNCC3)CC2)cc2cn[nH]c12. The molecule has 0 unspecified atom stereocenters. The lowest BCUT2D eigenvalue weighted by molar-refractivity contribution is -0.132. The highest BCUT2D eigenvalue weighted by atomic mass is 16.2. The smallest absolute Gasteiger partial charge is 0.222 e. The third-order valence-electron chi connectivity index (χ3n) is 6.17. The van der Waals surface area contributed by atoms with Crippen LogP contribution in [0.4, 0.5) is 0 Å². The molecule has 8 heteroatoms. The molecule has 2 aliphatic rings. The van der Waals surface area contributed by atoms with Gasteiger partial charge in [0, 0.05) is 57.1 Å². The maximum atomic E-state index is 12.7. The van der Waals surface area contributed by atoms with E-state index in [9.17, 15) is 9.59 Å². The number of hydrogen-bond acceptors (Lipinski definition) is 5. The Morgan fingerprint density at radius 2 is 1.90 bits per heavy atom. The molecule has 2 aromatic rings. The predicted octanol–water partition coefficient (Wildman–Crippen LogP) is 0.420. The summed E-state index contributed by atoms with van der Waals surface area (Å²) >= 11 is 0. The Labute approximate surface area is 170 Å². The van der Waals surface area contributed by atoms with Gasteiger partial charge in [0.05, 0.1) is 18.1 Å². The largest absolute Gasteiger partial charge is 0.369 e. The van der Waals surface area contributed by atoms with Gasteiger partial charge < -0.3 is 16.0 Å². The van der Waals surface area contributed by atoms with Crippen LogP contribution in [0.2, 0.25) is 0 Å². The maximum Gasteiger partial charge on any atom is 0.222 e. The topological polar surface area (TPSA) is 107 Å². The Kier molecular flexibility index (Phi) is 6.10. The number of nitrogens with one attached hydrogen (secondary N) is 2. The monoisotopic (exact) mass is 398 g/mol. The van der Waals surface area contributed by atoms with Crippen LogP contribution in [0.15, 0.2) is 18.3 Å². The number of benzene rings is 1. The third kappa shape index (κ3) is 4.76. The molecule has 2 saturated heterocycles. The Balaban J connectivity index is 1.32. The molecule has 0 saturated carbocycles. The number of primary amides is 1. The first-order valence-electron chi connectivity index (χ1n) is 10.6. The van der Waals surface area contributed by atoms with Crippen LogP contribution in [0.25, 0.3) is 10.9 Å². The Morgan fingerprint density at radius 3 is 2.62 bits per heavy atom. The number of aromatic nitrogens is 2. The van der Waals surface area contributed by atoms with Crippen LogP contribution >= 0.6 is 0 Å². The number of aryl methyl sites for hydroxylation is 1. The molecule has 3 heterocycles. The van der Waals surface area contributed by atoms with Crippen LogP contribution in [0.1, 0.15) is 30.4 Å². The van der Waals surface area contributed by atoms with E-state index in [2.05, 4.69) is 20.4 Å². The number of hydrogen-bond donors (Lipinski definition) is 3. The molecule has 2 fully saturated rings. The summed E-state index contributed by atoms with van der Waals surface area (Å²) in [6.45, 7) is 6.06. The highest BCUT2D eigenvalue weighted by Gasteiger charge is 2.27. The molecule has 1 aromatic heterocycles. The second-order valence-corrected chi connectivity index (χ2v) is 8.13. The highest BCUT2D eigenvalue weighted by molar-refractivity contribution is 5.87. The van der Waals surface area contributed by atoms with Crippen LogP contribution in [0.3, 0.4) is 0 Å². The minimum Gasteiger partial charge on any atom is -0.369 e. The molecule has 0 radical (unpaired) electrons. The van der Waals surface area contributed by atoms with E-state index >= 15 is 0 Å². The standard InChI is InChI=1S/C21H30N6O2/c22-19(28)13-16-11-15(12-17-14-24-25-21(16)17)1-2-20(29)27-7-3-18(4-8-27)26-9-5-23-6-10-26/h11-12,14,18,23H,1-10,13H2,(H2,22,28)(H,24,25). The normalized spacial score (nSPS) is 19.0. The van der Waals surface area contributed by atoms with Crippen molar-refractivity contribution in [2.24, 2.45) is 5.73 Å². The first kappa shape index (κ1) is 19.8. The van der Waals surface area contributed by atoms with Crippen molar-refractivity contribution >= 4 is 22.7 Å². The van der Waals surface area contributed by atoms with Crippen molar-refractivity contribution in [2.45, 2.75) is 38.1 Å². The van der Waals surface area contributed by atoms with E-state index in [0.717, 1.165) is 74.1 Å². The number of nitrogens with zero attached hydrogens (tertiary/aromatic N) is 3. The zero-order valence-corrected chi connectivity index (χ0v) is 16.8. The molecule has 0 spiro atoms. The first-order chi connectivity index (χ1) is 14.1. The number of carbonyl (C=O) groups is 2. The molecule has 0 atom stereocenters. The molecule has 2 amide bonds. The van der Waals surface area contributed by atoms with E-state index < -0.39 is 0 Å². The molecule has 1 aromatic carbocycles. The maximum absolute atomic E-state index is 12.7. The number of piperidine rings is 1. The number of amides is 2. The van der Waals surface area contributed by atoms with E-state index in [1.807, 2.05) is 17.0 Å². The molecule has 0 aliphatic carbocycles. The number of likely N-dealkylation sites (tertiary alicyclic amines) is 1. The number of carbonyl (C=O) groups excluding carboxylic acids is 2. The van der Waals surface area contributed by atoms with Gasteiger partial charge in [-0.25, -0.2) is 0 Å². The van der Waals surface area contributed by atoms with Crippen LogP contribution in [-0.4, -0.2) is 77.1 Å². The molecule has 8 nitrogen and oxygen atoms in total. The second-order valence-electron chi connectivity index (χ2n) is 8.13. The summed E-state index contributed by atoms with van der Waals surface area (Å²) in [7, 11) is 0. The summed E-state index contributed by atoms with van der Waals surface area (Å²) in [5.74, 6) is -0.158. The predicted molar refractivity (Wildman–Crippen MR) is 111 cm³/mol. The van der Waals surface area contributed by atoms with Gasteiger partial charge in [-0.05, 0) is 36.5 Å². The molecule has 0 bridgehead atoms. The lowest BCUT2D eigenvalue weighted by atomic mass is 9.99. The second kappa shape index (κ2) is 8.92. The number of H-pyrrole nitrogens is 1. The van der Waals surface area contributed by atoms with Crippen molar-refractivity contribution in [3.05, 3.63) is 29.5 Å². The number of rotatable bonds is 6. The fourth-order valence-electron chi connectivity index (χ4n) is 4.61. The Hall–Kier alpha value is -2.45. The van der Waals surface area contributed by atoms with Gasteiger partial charge in [-0.3, -0.25) is 19.6 Å². The molecule has 29 heavy (non-hydrogen) atoms. The average Bonchev–Trinajstić information content (AvgIpc) is 3.21. The van der Waals surface area contributed by atoms with Crippen molar-refractivity contribution in [1.82, 2.24) is 25.3 Å². The molecule has 4 N–H and O–H groups in total. The summed E-state index contributed by atoms with van der Waals surface area (Å²) in [5, 5.41) is 11.3. The summed E-state index contributed by atoms with van der Waals surface area (Å²) < 4.78 is 0. The van der Waals surface area contributed by atoms with Gasteiger partial charge in [-0.2, -0.15) is 5.10 Å². The summed E-state index contributed by atoms with van der Waals surface area (Å²) in [5.41, 5.74) is 8.10. The van der Waals surface area contributed by atoms with Crippen LogP contribution in [-0.2, 0) is 22.4 Å². The summed E-state index contributed by atoms with van der Waals surface area (Å²) in [6.07, 6.45) is 5.18. The molecular formula is C21H30N6O2. The van der Waals surface area contributed by atoms with Gasteiger partial charge in [-0.1, -0.05) is 6.07 Å². The summed E-state index contributed by atoms with van der Waals surface area (Å²) in [4.78, 5) is 28.7. The van der Waals surface area contributed by atoms with Gasteiger partial charge in [-0.15, -0.1) is 0 Å². The average molecular weight is 399 g/mol. The van der Waals surface area contributed by atoms with E-state index in [0.29, 0.717) is 18.9 Å². The van der Waals surface area contributed by atoms with Gasteiger partial charge in [0.2, 0.25) is 11.8 Å². The highest BCUT2D eigenvalue weighted by Crippen LogP contribution is 2.22. The minimum absolute atomic E-state index is 0.167. The van der Waals surface area contributed by atoms with Crippen molar-refractivity contribution in [2.75, 3.05) is 39.3 Å². The fraction of sp³-hybridized carbons (Fsp3) is 0.571. The zero-order chi connectivity index (χ0) is 20.2. The van der Waals surface area contributed by atoms with Crippen molar-refractivity contribution in [1.29, 1.82) is 0 Å². The van der Waals surface area contributed by atoms with E-state index in [4.69, 9.17) is 5.73 Å². The van der Waals surface area contributed by atoms with E-state index in [-0.39, 0.29) is 18.2 Å². The minimum atomic E-state index is -0.374. The fourth-order valence-corrected chi connectivity index (χ4v) is 4.61. The zero-order valence-electron chi connectivity index (χ0n) is 16.8. The van der Waals surface area contributed by atoms with Crippen LogP contribution in [0, 0.1) is 0 Å². The van der Waals surface area contributed by atoms with Crippen molar-refractivity contribution in [3.8, 4) is 0 Å². The number of piperazine rings is 1. The van der Waals surface area contributed by atoms with Crippen LogP contribution in [0.5, 0.6) is 0 Å². The molecular weight excluding hydrogens is 368 g/mol.